The number of thioether (sulfide) groups is 1. The zero-order valence-electron chi connectivity index (χ0n) is 10.7. The Labute approximate surface area is 117 Å². The second-order valence-corrected chi connectivity index (χ2v) is 5.75. The monoisotopic (exact) mass is 271 g/mol. The van der Waals surface area contributed by atoms with Gasteiger partial charge >= 0.3 is 0 Å². The molecule has 0 fully saturated rings. The molecule has 0 aliphatic rings. The molecule has 0 amide bonds. The van der Waals surface area contributed by atoms with E-state index in [0.29, 0.717) is 0 Å². The van der Waals surface area contributed by atoms with Gasteiger partial charge in [-0.15, -0.1) is 0 Å². The van der Waals surface area contributed by atoms with Gasteiger partial charge in [0.25, 0.3) is 0 Å². The molecule has 3 heteroatoms. The van der Waals surface area contributed by atoms with Crippen molar-refractivity contribution in [2.24, 2.45) is 0 Å². The molecule has 1 N–H and O–H groups in total. The number of fused-ring (bicyclic) bond motifs is 3. The van der Waals surface area contributed by atoms with Crippen LogP contribution in [-0.2, 0) is 6.54 Å². The molecule has 0 radical (unpaired) electrons. The lowest BCUT2D eigenvalue weighted by Crippen LogP contribution is -2.01. The third-order valence-corrected chi connectivity index (χ3v) is 4.32. The summed E-state index contributed by atoms with van der Waals surface area (Å²) in [6.07, 6.45) is 0. The molecule has 1 aromatic heterocycles. The number of rotatable bonds is 5. The first-order valence-corrected chi connectivity index (χ1v) is 7.72. The topological polar surface area (TPSA) is 25.2 Å². The molecule has 0 aliphatic carbocycles. The average Bonchev–Trinajstić information content (AvgIpc) is 2.78. The minimum Gasteiger partial charge on any atom is -0.396 e. The number of nitrogens with zero attached hydrogens (tertiary/aromatic N) is 1. The van der Waals surface area contributed by atoms with Crippen molar-refractivity contribution in [3.63, 3.8) is 0 Å². The number of hydrogen-bond donors (Lipinski definition) is 1. The summed E-state index contributed by atoms with van der Waals surface area (Å²) in [6, 6.07) is 17.1. The summed E-state index contributed by atoms with van der Waals surface area (Å²) in [5.41, 5.74) is 2.60. The molecule has 0 aliphatic heterocycles. The van der Waals surface area contributed by atoms with E-state index in [4.69, 9.17) is 5.11 Å². The Kier molecular flexibility index (Phi) is 3.76. The van der Waals surface area contributed by atoms with E-state index in [1.807, 2.05) is 0 Å². The van der Waals surface area contributed by atoms with E-state index in [1.165, 1.54) is 21.8 Å². The van der Waals surface area contributed by atoms with E-state index < -0.39 is 0 Å². The quantitative estimate of drug-likeness (QED) is 0.718. The smallest absolute Gasteiger partial charge is 0.0521 e. The van der Waals surface area contributed by atoms with Crippen LogP contribution in [0.25, 0.3) is 21.8 Å². The molecule has 2 aromatic carbocycles. The van der Waals surface area contributed by atoms with Gasteiger partial charge < -0.3 is 9.67 Å². The van der Waals surface area contributed by atoms with Gasteiger partial charge in [-0.25, -0.2) is 0 Å². The summed E-state index contributed by atoms with van der Waals surface area (Å²) < 4.78 is 2.38. The molecule has 0 saturated heterocycles. The molecule has 19 heavy (non-hydrogen) atoms. The highest BCUT2D eigenvalue weighted by atomic mass is 32.2. The molecule has 1 heterocycles. The number of hydrogen-bond acceptors (Lipinski definition) is 2. The molecule has 3 rings (SSSR count). The SMILES string of the molecule is OCCSCCn1c2ccccc2c2ccccc21. The van der Waals surface area contributed by atoms with Crippen molar-refractivity contribution >= 4 is 33.6 Å². The summed E-state index contributed by atoms with van der Waals surface area (Å²) in [4.78, 5) is 0. The largest absolute Gasteiger partial charge is 0.396 e. The molecule has 0 atom stereocenters. The van der Waals surface area contributed by atoms with Crippen LogP contribution in [0.3, 0.4) is 0 Å². The van der Waals surface area contributed by atoms with Crippen LogP contribution in [0.2, 0.25) is 0 Å². The van der Waals surface area contributed by atoms with E-state index in [2.05, 4.69) is 53.1 Å². The molecular formula is C16H17NOS. The average molecular weight is 271 g/mol. The van der Waals surface area contributed by atoms with Crippen LogP contribution >= 0.6 is 11.8 Å². The van der Waals surface area contributed by atoms with Crippen molar-refractivity contribution in [3.8, 4) is 0 Å². The summed E-state index contributed by atoms with van der Waals surface area (Å²) >= 11 is 1.80. The number of benzene rings is 2. The van der Waals surface area contributed by atoms with Crippen molar-refractivity contribution < 1.29 is 5.11 Å². The van der Waals surface area contributed by atoms with Crippen LogP contribution in [0.1, 0.15) is 0 Å². The van der Waals surface area contributed by atoms with Crippen LogP contribution in [-0.4, -0.2) is 27.8 Å². The van der Waals surface area contributed by atoms with Crippen molar-refractivity contribution in [1.29, 1.82) is 0 Å². The minimum atomic E-state index is 0.262. The molecule has 3 aromatic rings. The number of aryl methyl sites for hydroxylation is 1. The van der Waals surface area contributed by atoms with Crippen molar-refractivity contribution in [2.45, 2.75) is 6.54 Å². The zero-order valence-corrected chi connectivity index (χ0v) is 11.6. The molecule has 0 spiro atoms. The number of aromatic nitrogens is 1. The number of para-hydroxylation sites is 2. The Morgan fingerprint density at radius 2 is 1.42 bits per heavy atom. The van der Waals surface area contributed by atoms with Gasteiger partial charge in [0.1, 0.15) is 0 Å². The minimum absolute atomic E-state index is 0.262. The van der Waals surface area contributed by atoms with Crippen molar-refractivity contribution in [3.05, 3.63) is 48.5 Å². The maximum atomic E-state index is 8.84. The van der Waals surface area contributed by atoms with Gasteiger partial charge in [-0.05, 0) is 12.1 Å². The van der Waals surface area contributed by atoms with Gasteiger partial charge in [-0.3, -0.25) is 0 Å². The first-order chi connectivity index (χ1) is 9.42. The van der Waals surface area contributed by atoms with Crippen molar-refractivity contribution in [2.75, 3.05) is 18.1 Å². The maximum Gasteiger partial charge on any atom is 0.0521 e. The van der Waals surface area contributed by atoms with Crippen LogP contribution in [0, 0.1) is 0 Å². The van der Waals surface area contributed by atoms with E-state index in [0.717, 1.165) is 18.1 Å². The molecule has 98 valence electrons. The van der Waals surface area contributed by atoms with E-state index in [9.17, 15) is 0 Å². The predicted molar refractivity (Wildman–Crippen MR) is 83.9 cm³/mol. The van der Waals surface area contributed by atoms with Crippen LogP contribution in [0.15, 0.2) is 48.5 Å². The predicted octanol–water partition coefficient (Wildman–Crippen LogP) is 3.52. The van der Waals surface area contributed by atoms with E-state index in [1.54, 1.807) is 11.8 Å². The van der Waals surface area contributed by atoms with E-state index >= 15 is 0 Å². The van der Waals surface area contributed by atoms with Gasteiger partial charge in [0, 0.05) is 39.9 Å². The van der Waals surface area contributed by atoms with Crippen LogP contribution < -0.4 is 0 Å². The fourth-order valence-corrected chi connectivity index (χ4v) is 3.21. The molecular weight excluding hydrogens is 254 g/mol. The Bertz CT molecular complexity index is 636. The summed E-state index contributed by atoms with van der Waals surface area (Å²) in [5.74, 6) is 1.85. The first kappa shape index (κ1) is 12.6. The third kappa shape index (κ3) is 2.36. The van der Waals surface area contributed by atoms with Gasteiger partial charge in [-0.2, -0.15) is 11.8 Å². The first-order valence-electron chi connectivity index (χ1n) is 6.56. The highest BCUT2D eigenvalue weighted by Crippen LogP contribution is 2.28. The number of aliphatic hydroxyl groups excluding tert-OH is 1. The Morgan fingerprint density at radius 1 is 0.842 bits per heavy atom. The standard InChI is InChI=1S/C16H17NOS/c18-10-12-19-11-9-17-15-7-3-1-5-13(15)14-6-2-4-8-16(14)17/h1-8,18H,9-12H2. The lowest BCUT2D eigenvalue weighted by atomic mass is 10.2. The zero-order chi connectivity index (χ0) is 13.1. The molecule has 0 bridgehead atoms. The van der Waals surface area contributed by atoms with Gasteiger partial charge in [-0.1, -0.05) is 36.4 Å². The summed E-state index contributed by atoms with van der Waals surface area (Å²) in [5, 5.41) is 11.5. The lowest BCUT2D eigenvalue weighted by Gasteiger charge is -2.06. The third-order valence-electron chi connectivity index (χ3n) is 3.37. The van der Waals surface area contributed by atoms with E-state index in [-0.39, 0.29) is 6.61 Å². The maximum absolute atomic E-state index is 8.84. The van der Waals surface area contributed by atoms with Crippen LogP contribution in [0.4, 0.5) is 0 Å². The molecule has 0 saturated carbocycles. The summed E-state index contributed by atoms with van der Waals surface area (Å²) in [7, 11) is 0. The van der Waals surface area contributed by atoms with Gasteiger partial charge in [0.15, 0.2) is 0 Å². The van der Waals surface area contributed by atoms with Gasteiger partial charge in [0.05, 0.1) is 6.61 Å². The summed E-state index contributed by atoms with van der Waals surface area (Å²) in [6.45, 7) is 1.25. The molecule has 2 nitrogen and oxygen atoms in total. The van der Waals surface area contributed by atoms with Crippen molar-refractivity contribution in [1.82, 2.24) is 4.57 Å². The highest BCUT2D eigenvalue weighted by Gasteiger charge is 2.08. The van der Waals surface area contributed by atoms with Gasteiger partial charge in [0.2, 0.25) is 0 Å². The highest BCUT2D eigenvalue weighted by molar-refractivity contribution is 7.99. The number of aliphatic hydroxyl groups is 1. The Morgan fingerprint density at radius 3 is 2.00 bits per heavy atom. The Balaban J connectivity index is 2.04. The normalized spacial score (nSPS) is 11.4. The Hall–Kier alpha value is -1.45. The molecule has 0 unspecified atom stereocenters. The van der Waals surface area contributed by atoms with Crippen LogP contribution in [0.5, 0.6) is 0 Å². The second-order valence-electron chi connectivity index (χ2n) is 4.52. The fraction of sp³-hybridized carbons (Fsp3) is 0.250. The second kappa shape index (κ2) is 5.68. The fourth-order valence-electron chi connectivity index (χ4n) is 2.57. The lowest BCUT2D eigenvalue weighted by molar-refractivity contribution is 0.322.